The highest BCUT2D eigenvalue weighted by atomic mass is 16.6. The van der Waals surface area contributed by atoms with Crippen molar-refractivity contribution in [2.45, 2.75) is 13.3 Å². The molecule has 0 aliphatic heterocycles. The van der Waals surface area contributed by atoms with Crippen molar-refractivity contribution >= 4 is 17.7 Å². The van der Waals surface area contributed by atoms with Crippen LogP contribution < -0.4 is 9.47 Å². The Kier molecular flexibility index (Phi) is 7.11. The minimum atomic E-state index is -1.25. The maximum atomic E-state index is 12.9. The first kappa shape index (κ1) is 21.0. The molecule has 0 radical (unpaired) electrons. The molecule has 0 spiro atoms. The molecule has 0 N–H and O–H groups in total. The Bertz CT molecular complexity index is 930. The lowest BCUT2D eigenvalue weighted by Gasteiger charge is -2.20. The van der Waals surface area contributed by atoms with Crippen LogP contribution in [0, 0.1) is 11.8 Å². The van der Waals surface area contributed by atoms with Crippen LogP contribution in [0.15, 0.2) is 91.0 Å². The fourth-order valence-electron chi connectivity index (χ4n) is 3.05. The molecular weight excluding hydrogens is 380 g/mol. The van der Waals surface area contributed by atoms with Gasteiger partial charge in [-0.25, -0.2) is 0 Å². The summed E-state index contributed by atoms with van der Waals surface area (Å²) in [6.07, 6.45) is 0.00244. The number of rotatable bonds is 8. The predicted octanol–water partition coefficient (Wildman–Crippen LogP) is 4.72. The Morgan fingerprint density at radius 3 is 1.50 bits per heavy atom. The quantitative estimate of drug-likeness (QED) is 0.236. The SMILES string of the molecule is CC(CC(=O)c1ccccc1)C(C(=O)Oc1ccccc1)C(=O)Oc1ccccc1. The van der Waals surface area contributed by atoms with Gasteiger partial charge in [0.05, 0.1) is 0 Å². The number of para-hydroxylation sites is 2. The Labute approximate surface area is 175 Å². The van der Waals surface area contributed by atoms with Crippen LogP contribution in [0.1, 0.15) is 23.7 Å². The Hall–Kier alpha value is -3.73. The minimum absolute atomic E-state index is 0.00244. The average Bonchev–Trinajstić information content (AvgIpc) is 2.76. The van der Waals surface area contributed by atoms with Crippen molar-refractivity contribution in [1.29, 1.82) is 0 Å². The third-order valence-electron chi connectivity index (χ3n) is 4.60. The zero-order valence-corrected chi connectivity index (χ0v) is 16.6. The van der Waals surface area contributed by atoms with Crippen molar-refractivity contribution in [3.63, 3.8) is 0 Å². The van der Waals surface area contributed by atoms with Gasteiger partial charge in [0.1, 0.15) is 11.5 Å². The lowest BCUT2D eigenvalue weighted by molar-refractivity contribution is -0.153. The molecule has 0 saturated carbocycles. The van der Waals surface area contributed by atoms with Gasteiger partial charge in [-0.1, -0.05) is 73.7 Å². The van der Waals surface area contributed by atoms with E-state index >= 15 is 0 Å². The molecule has 0 bridgehead atoms. The molecule has 0 fully saturated rings. The number of carbonyl (C=O) groups excluding carboxylic acids is 3. The normalized spacial score (nSPS) is 11.5. The van der Waals surface area contributed by atoms with Crippen LogP contribution in [0.4, 0.5) is 0 Å². The van der Waals surface area contributed by atoms with Gasteiger partial charge in [0.2, 0.25) is 0 Å². The molecular formula is C25H22O5. The molecule has 0 amide bonds. The summed E-state index contributed by atoms with van der Waals surface area (Å²) in [5.74, 6) is -2.90. The highest BCUT2D eigenvalue weighted by molar-refractivity contribution is 6.00. The van der Waals surface area contributed by atoms with Gasteiger partial charge in [-0.3, -0.25) is 14.4 Å². The summed E-state index contributed by atoms with van der Waals surface area (Å²) in [6.45, 7) is 1.67. The summed E-state index contributed by atoms with van der Waals surface area (Å²) in [5.41, 5.74) is 0.524. The largest absolute Gasteiger partial charge is 0.426 e. The van der Waals surface area contributed by atoms with Crippen LogP contribution in [-0.4, -0.2) is 17.7 Å². The lowest BCUT2D eigenvalue weighted by atomic mass is 9.88. The molecule has 1 unspecified atom stereocenters. The summed E-state index contributed by atoms with van der Waals surface area (Å²) in [7, 11) is 0. The zero-order valence-electron chi connectivity index (χ0n) is 16.6. The molecule has 0 aliphatic carbocycles. The maximum Gasteiger partial charge on any atom is 0.326 e. The van der Waals surface area contributed by atoms with Crippen LogP contribution in [0.2, 0.25) is 0 Å². The van der Waals surface area contributed by atoms with Crippen molar-refractivity contribution in [2.75, 3.05) is 0 Å². The molecule has 0 aliphatic rings. The molecule has 0 saturated heterocycles. The third-order valence-corrected chi connectivity index (χ3v) is 4.60. The molecule has 3 rings (SSSR count). The molecule has 30 heavy (non-hydrogen) atoms. The average molecular weight is 402 g/mol. The van der Waals surface area contributed by atoms with E-state index in [1.165, 1.54) is 0 Å². The summed E-state index contributed by atoms with van der Waals surface area (Å²) >= 11 is 0. The fraction of sp³-hybridized carbons (Fsp3) is 0.160. The molecule has 1 atom stereocenters. The van der Waals surface area contributed by atoms with Crippen molar-refractivity contribution in [2.24, 2.45) is 11.8 Å². The predicted molar refractivity (Wildman–Crippen MR) is 112 cm³/mol. The molecule has 5 nitrogen and oxygen atoms in total. The Balaban J connectivity index is 1.79. The number of ether oxygens (including phenoxy) is 2. The van der Waals surface area contributed by atoms with E-state index in [0.717, 1.165) is 0 Å². The van der Waals surface area contributed by atoms with E-state index in [1.54, 1.807) is 91.9 Å². The molecule has 0 aromatic heterocycles. The standard InChI is InChI=1S/C25H22O5/c1-18(17-22(26)19-11-5-2-6-12-19)23(24(27)29-20-13-7-3-8-14-20)25(28)30-21-15-9-4-10-16-21/h2-16,18,23H,17H2,1H3. The van der Waals surface area contributed by atoms with Crippen molar-refractivity contribution in [3.8, 4) is 11.5 Å². The number of benzene rings is 3. The van der Waals surface area contributed by atoms with Gasteiger partial charge >= 0.3 is 11.9 Å². The van der Waals surface area contributed by atoms with Crippen LogP contribution in [0.25, 0.3) is 0 Å². The van der Waals surface area contributed by atoms with Crippen molar-refractivity contribution in [1.82, 2.24) is 0 Å². The van der Waals surface area contributed by atoms with Crippen LogP contribution in [0.3, 0.4) is 0 Å². The van der Waals surface area contributed by atoms with Crippen LogP contribution >= 0.6 is 0 Å². The minimum Gasteiger partial charge on any atom is -0.426 e. The number of ketones is 1. The Morgan fingerprint density at radius 2 is 1.07 bits per heavy atom. The summed E-state index contributed by atoms with van der Waals surface area (Å²) in [6, 6.07) is 25.7. The first-order valence-corrected chi connectivity index (χ1v) is 9.66. The van der Waals surface area contributed by atoms with Crippen molar-refractivity contribution < 1.29 is 23.9 Å². The maximum absolute atomic E-state index is 12.9. The van der Waals surface area contributed by atoms with Gasteiger partial charge in [0.15, 0.2) is 11.7 Å². The highest BCUT2D eigenvalue weighted by Gasteiger charge is 2.37. The molecule has 3 aromatic carbocycles. The number of Topliss-reactive ketones (excluding diaryl/α,β-unsaturated/α-hetero) is 1. The number of hydrogen-bond donors (Lipinski definition) is 0. The van der Waals surface area contributed by atoms with Crippen molar-refractivity contribution in [3.05, 3.63) is 96.6 Å². The smallest absolute Gasteiger partial charge is 0.326 e. The van der Waals surface area contributed by atoms with Gasteiger partial charge in [0, 0.05) is 12.0 Å². The first-order valence-electron chi connectivity index (χ1n) is 9.66. The van der Waals surface area contributed by atoms with Gasteiger partial charge in [-0.2, -0.15) is 0 Å². The summed E-state index contributed by atoms with van der Waals surface area (Å²) in [5, 5.41) is 0. The monoisotopic (exact) mass is 402 g/mol. The molecule has 152 valence electrons. The summed E-state index contributed by atoms with van der Waals surface area (Å²) in [4.78, 5) is 38.4. The van der Waals surface area contributed by atoms with E-state index in [1.807, 2.05) is 6.07 Å². The highest BCUT2D eigenvalue weighted by Crippen LogP contribution is 2.24. The van der Waals surface area contributed by atoms with Gasteiger partial charge in [-0.15, -0.1) is 0 Å². The fourth-order valence-corrected chi connectivity index (χ4v) is 3.05. The topological polar surface area (TPSA) is 69.7 Å². The molecule has 0 heterocycles. The second-order valence-corrected chi connectivity index (χ2v) is 6.92. The lowest BCUT2D eigenvalue weighted by Crippen LogP contribution is -2.37. The number of esters is 2. The zero-order chi connectivity index (χ0) is 21.3. The van der Waals surface area contributed by atoms with E-state index in [-0.39, 0.29) is 12.2 Å². The third kappa shape index (κ3) is 5.64. The van der Waals surface area contributed by atoms with Gasteiger partial charge < -0.3 is 9.47 Å². The second kappa shape index (κ2) is 10.2. The van der Waals surface area contributed by atoms with Crippen LogP contribution in [0.5, 0.6) is 11.5 Å². The van der Waals surface area contributed by atoms with E-state index in [4.69, 9.17) is 9.47 Å². The second-order valence-electron chi connectivity index (χ2n) is 6.92. The number of carbonyl (C=O) groups is 3. The Morgan fingerprint density at radius 1 is 0.667 bits per heavy atom. The summed E-state index contributed by atoms with van der Waals surface area (Å²) < 4.78 is 10.8. The molecule has 3 aromatic rings. The van der Waals surface area contributed by atoms with Gasteiger partial charge in [-0.05, 0) is 30.2 Å². The van der Waals surface area contributed by atoms with E-state index < -0.39 is 23.8 Å². The van der Waals surface area contributed by atoms with Crippen LogP contribution in [-0.2, 0) is 9.59 Å². The van der Waals surface area contributed by atoms with E-state index in [2.05, 4.69) is 0 Å². The number of hydrogen-bond acceptors (Lipinski definition) is 5. The molecule has 5 heteroatoms. The van der Waals surface area contributed by atoms with Gasteiger partial charge in [0.25, 0.3) is 0 Å². The van der Waals surface area contributed by atoms with E-state index in [9.17, 15) is 14.4 Å². The van der Waals surface area contributed by atoms with E-state index in [0.29, 0.717) is 17.1 Å². The first-order chi connectivity index (χ1) is 14.5.